The minimum Gasteiger partial charge on any atom is -0.367 e. The lowest BCUT2D eigenvalue weighted by atomic mass is 9.98. The van der Waals surface area contributed by atoms with Crippen molar-refractivity contribution in [2.75, 3.05) is 24.2 Å². The third kappa shape index (κ3) is 3.28. The first kappa shape index (κ1) is 14.3. The van der Waals surface area contributed by atoms with Gasteiger partial charge >= 0.3 is 0 Å². The predicted molar refractivity (Wildman–Crippen MR) is 78.2 cm³/mol. The number of benzene rings is 1. The van der Waals surface area contributed by atoms with Crippen molar-refractivity contribution in [3.8, 4) is 0 Å². The van der Waals surface area contributed by atoms with Crippen LogP contribution in [0, 0.1) is 0 Å². The first-order valence-corrected chi connectivity index (χ1v) is 8.69. The van der Waals surface area contributed by atoms with Gasteiger partial charge in [-0.05, 0) is 44.4 Å². The van der Waals surface area contributed by atoms with Gasteiger partial charge in [-0.3, -0.25) is 0 Å². The van der Waals surface area contributed by atoms with Crippen molar-refractivity contribution in [3.63, 3.8) is 0 Å². The second-order valence-electron chi connectivity index (χ2n) is 5.16. The molecule has 0 amide bonds. The first-order chi connectivity index (χ1) is 9.04. The number of nitrogens with zero attached hydrogens (tertiary/aromatic N) is 1. The Bertz CT molecular complexity index is 526. The summed E-state index contributed by atoms with van der Waals surface area (Å²) >= 11 is 0. The molecule has 0 spiro atoms. The van der Waals surface area contributed by atoms with Crippen molar-refractivity contribution in [2.24, 2.45) is 5.73 Å². The summed E-state index contributed by atoms with van der Waals surface area (Å²) < 4.78 is 23.8. The molecule has 0 aromatic heterocycles. The van der Waals surface area contributed by atoms with E-state index >= 15 is 0 Å². The zero-order valence-corrected chi connectivity index (χ0v) is 12.2. The summed E-state index contributed by atoms with van der Waals surface area (Å²) in [6.45, 7) is 1.55. The molecule has 0 saturated carbocycles. The molecule has 5 heteroatoms. The summed E-state index contributed by atoms with van der Waals surface area (Å²) in [7, 11) is -3.19. The fourth-order valence-electron chi connectivity index (χ4n) is 2.82. The van der Waals surface area contributed by atoms with Crippen LogP contribution in [-0.4, -0.2) is 33.8 Å². The average molecular weight is 282 g/mol. The fraction of sp³-hybridized carbons (Fsp3) is 0.571. The Hall–Kier alpha value is -1.07. The van der Waals surface area contributed by atoms with Crippen molar-refractivity contribution in [1.29, 1.82) is 0 Å². The largest absolute Gasteiger partial charge is 0.367 e. The Morgan fingerprint density at radius 1 is 1.32 bits per heavy atom. The maximum absolute atomic E-state index is 11.9. The van der Waals surface area contributed by atoms with E-state index in [0.717, 1.165) is 31.5 Å². The average Bonchev–Trinajstić information content (AvgIpc) is 2.39. The van der Waals surface area contributed by atoms with Gasteiger partial charge in [-0.25, -0.2) is 8.42 Å². The van der Waals surface area contributed by atoms with E-state index < -0.39 is 9.84 Å². The van der Waals surface area contributed by atoms with Gasteiger partial charge in [0.1, 0.15) is 0 Å². The summed E-state index contributed by atoms with van der Waals surface area (Å²) in [6.07, 6.45) is 5.59. The number of nitrogens with two attached hydrogens (primary N) is 1. The normalized spacial score (nSPS) is 20.5. The highest BCUT2D eigenvalue weighted by Crippen LogP contribution is 2.31. The molecule has 2 N–H and O–H groups in total. The van der Waals surface area contributed by atoms with E-state index in [2.05, 4.69) is 4.90 Å². The van der Waals surface area contributed by atoms with Crippen LogP contribution >= 0.6 is 0 Å². The number of anilines is 1. The number of piperidine rings is 1. The summed E-state index contributed by atoms with van der Waals surface area (Å²) in [4.78, 5) is 2.66. The molecule has 1 aliphatic heterocycles. The predicted octanol–water partition coefficient (Wildman–Crippen LogP) is 1.80. The van der Waals surface area contributed by atoms with E-state index in [1.54, 1.807) is 12.1 Å². The van der Waals surface area contributed by atoms with Crippen LogP contribution in [0.4, 0.5) is 5.69 Å². The molecule has 0 radical (unpaired) electrons. The van der Waals surface area contributed by atoms with E-state index in [-0.39, 0.29) is 0 Å². The summed E-state index contributed by atoms with van der Waals surface area (Å²) in [5, 5.41) is 0. The molecule has 0 bridgehead atoms. The highest BCUT2D eigenvalue weighted by molar-refractivity contribution is 7.90. The Labute approximate surface area is 115 Å². The molecule has 1 aliphatic rings. The molecule has 1 heterocycles. The van der Waals surface area contributed by atoms with Gasteiger partial charge in [0.05, 0.1) is 10.6 Å². The molecule has 19 heavy (non-hydrogen) atoms. The number of para-hydroxylation sites is 1. The maximum atomic E-state index is 11.9. The molecule has 106 valence electrons. The molecular formula is C14H22N2O2S. The van der Waals surface area contributed by atoms with Crippen LogP contribution in [0.15, 0.2) is 29.2 Å². The van der Waals surface area contributed by atoms with E-state index in [1.807, 2.05) is 12.1 Å². The van der Waals surface area contributed by atoms with Crippen LogP contribution in [0.5, 0.6) is 0 Å². The molecule has 0 aliphatic carbocycles. The van der Waals surface area contributed by atoms with Crippen molar-refractivity contribution in [1.82, 2.24) is 0 Å². The Balaban J connectivity index is 2.39. The van der Waals surface area contributed by atoms with E-state index in [0.29, 0.717) is 17.5 Å². The lowest BCUT2D eigenvalue weighted by molar-refractivity contribution is 0.440. The topological polar surface area (TPSA) is 63.4 Å². The van der Waals surface area contributed by atoms with Crippen LogP contribution in [0.1, 0.15) is 25.7 Å². The number of sulfone groups is 1. The van der Waals surface area contributed by atoms with Gasteiger partial charge in [-0.2, -0.15) is 0 Å². The van der Waals surface area contributed by atoms with Crippen molar-refractivity contribution in [3.05, 3.63) is 24.3 Å². The third-order valence-corrected chi connectivity index (χ3v) is 4.85. The smallest absolute Gasteiger partial charge is 0.177 e. The molecule has 2 rings (SSSR count). The molecule has 1 fully saturated rings. The summed E-state index contributed by atoms with van der Waals surface area (Å²) in [5.74, 6) is 0. The minimum absolute atomic E-state index is 0.363. The fourth-order valence-corrected chi connectivity index (χ4v) is 3.71. The van der Waals surface area contributed by atoms with Crippen molar-refractivity contribution in [2.45, 2.75) is 36.6 Å². The van der Waals surface area contributed by atoms with Crippen LogP contribution < -0.4 is 10.6 Å². The molecule has 1 aromatic rings. The zero-order chi connectivity index (χ0) is 13.9. The quantitative estimate of drug-likeness (QED) is 0.914. The van der Waals surface area contributed by atoms with E-state index in [9.17, 15) is 8.42 Å². The Morgan fingerprint density at radius 2 is 2.05 bits per heavy atom. The number of hydrogen-bond acceptors (Lipinski definition) is 4. The second kappa shape index (κ2) is 5.92. The zero-order valence-electron chi connectivity index (χ0n) is 11.4. The van der Waals surface area contributed by atoms with Crippen LogP contribution in [0.3, 0.4) is 0 Å². The molecule has 1 atom stereocenters. The monoisotopic (exact) mass is 282 g/mol. The van der Waals surface area contributed by atoms with E-state index in [1.165, 1.54) is 12.7 Å². The maximum Gasteiger partial charge on any atom is 0.177 e. The molecule has 4 nitrogen and oxygen atoms in total. The first-order valence-electron chi connectivity index (χ1n) is 6.80. The third-order valence-electron chi connectivity index (χ3n) is 3.70. The molecule has 1 aromatic carbocycles. The molecular weight excluding hydrogens is 260 g/mol. The number of rotatable bonds is 4. The molecule has 1 unspecified atom stereocenters. The summed E-state index contributed by atoms with van der Waals surface area (Å²) in [5.41, 5.74) is 6.51. The van der Waals surface area contributed by atoms with E-state index in [4.69, 9.17) is 5.73 Å². The Morgan fingerprint density at radius 3 is 2.74 bits per heavy atom. The Kier molecular flexibility index (Phi) is 4.47. The standard InChI is InChI=1S/C14H22N2O2S/c1-19(17,18)14-8-3-2-7-13(14)16-11-5-4-6-12(16)9-10-15/h2-3,7-8,12H,4-6,9-11,15H2,1H3. The van der Waals surface area contributed by atoms with Gasteiger partial charge in [-0.1, -0.05) is 12.1 Å². The number of hydrogen-bond donors (Lipinski definition) is 1. The van der Waals surface area contributed by atoms with Crippen LogP contribution in [0.25, 0.3) is 0 Å². The van der Waals surface area contributed by atoms with Gasteiger partial charge in [0.25, 0.3) is 0 Å². The highest BCUT2D eigenvalue weighted by atomic mass is 32.2. The van der Waals surface area contributed by atoms with Crippen molar-refractivity contribution >= 4 is 15.5 Å². The van der Waals surface area contributed by atoms with Crippen molar-refractivity contribution < 1.29 is 8.42 Å². The van der Waals surface area contributed by atoms with Crippen LogP contribution in [0.2, 0.25) is 0 Å². The van der Waals surface area contributed by atoms with Gasteiger partial charge in [0.2, 0.25) is 0 Å². The SMILES string of the molecule is CS(=O)(=O)c1ccccc1N1CCCCC1CCN. The lowest BCUT2D eigenvalue weighted by Crippen LogP contribution is -2.41. The minimum atomic E-state index is -3.19. The molecule has 1 saturated heterocycles. The van der Waals surface area contributed by atoms with Gasteiger partial charge in [0.15, 0.2) is 9.84 Å². The van der Waals surface area contributed by atoms with Gasteiger partial charge < -0.3 is 10.6 Å². The van der Waals surface area contributed by atoms with Crippen LogP contribution in [-0.2, 0) is 9.84 Å². The lowest BCUT2D eigenvalue weighted by Gasteiger charge is -2.38. The van der Waals surface area contributed by atoms with Gasteiger partial charge in [0, 0.05) is 18.8 Å². The second-order valence-corrected chi connectivity index (χ2v) is 7.14. The van der Waals surface area contributed by atoms with Gasteiger partial charge in [-0.15, -0.1) is 0 Å². The summed E-state index contributed by atoms with van der Waals surface area (Å²) in [6, 6.07) is 7.64. The highest BCUT2D eigenvalue weighted by Gasteiger charge is 2.25.